The van der Waals surface area contributed by atoms with Gasteiger partial charge in [-0.25, -0.2) is 0 Å². The zero-order chi connectivity index (χ0) is 18.1. The molecular weight excluding hydrogens is 328 g/mol. The van der Waals surface area contributed by atoms with Crippen LogP contribution in [0.4, 0.5) is 0 Å². The van der Waals surface area contributed by atoms with E-state index in [1.54, 1.807) is 0 Å². The highest BCUT2D eigenvalue weighted by molar-refractivity contribution is 5.92. The number of rotatable bonds is 4. The van der Waals surface area contributed by atoms with Crippen molar-refractivity contribution in [1.29, 1.82) is 0 Å². The van der Waals surface area contributed by atoms with Crippen molar-refractivity contribution in [3.63, 3.8) is 0 Å². The van der Waals surface area contributed by atoms with E-state index in [1.165, 1.54) is 0 Å². The first-order valence-electron chi connectivity index (χ1n) is 10.1. The standard InChI is InChI=1S/C20H30N4O2/c1-22-10-3-5-18(22)20(26)23-12-8-17(9-13-23)24-11-2-4-15(14-24)19(25)21-16-6-7-16/h3,5,10,15-17H,2,4,6-9,11-14H2,1H3,(H,21,25)/t15-/m0/s1. The number of aryl methyl sites for hydroxylation is 1. The van der Waals surface area contributed by atoms with Crippen LogP contribution in [0.5, 0.6) is 0 Å². The number of hydrogen-bond acceptors (Lipinski definition) is 3. The lowest BCUT2D eigenvalue weighted by molar-refractivity contribution is -0.127. The van der Waals surface area contributed by atoms with Gasteiger partial charge in [0.15, 0.2) is 0 Å². The van der Waals surface area contributed by atoms with Gasteiger partial charge in [0, 0.05) is 45.0 Å². The van der Waals surface area contributed by atoms with Gasteiger partial charge in [-0.2, -0.15) is 0 Å². The van der Waals surface area contributed by atoms with Crippen molar-refractivity contribution < 1.29 is 9.59 Å². The fourth-order valence-corrected chi connectivity index (χ4v) is 4.38. The Morgan fingerprint density at radius 1 is 1.08 bits per heavy atom. The summed E-state index contributed by atoms with van der Waals surface area (Å²) in [6.45, 7) is 3.59. The molecule has 0 aromatic carbocycles. The van der Waals surface area contributed by atoms with E-state index >= 15 is 0 Å². The molecule has 26 heavy (non-hydrogen) atoms. The third kappa shape index (κ3) is 3.80. The van der Waals surface area contributed by atoms with E-state index in [9.17, 15) is 9.59 Å². The fourth-order valence-electron chi connectivity index (χ4n) is 4.38. The Morgan fingerprint density at radius 2 is 1.85 bits per heavy atom. The molecule has 142 valence electrons. The Kier molecular flexibility index (Phi) is 5.02. The quantitative estimate of drug-likeness (QED) is 0.890. The summed E-state index contributed by atoms with van der Waals surface area (Å²) in [4.78, 5) is 29.5. The number of nitrogens with one attached hydrogen (secondary N) is 1. The molecule has 1 aromatic heterocycles. The molecule has 0 bridgehead atoms. The summed E-state index contributed by atoms with van der Waals surface area (Å²) in [5, 5.41) is 3.17. The highest BCUT2D eigenvalue weighted by atomic mass is 16.2. The molecule has 3 heterocycles. The largest absolute Gasteiger partial charge is 0.353 e. The summed E-state index contributed by atoms with van der Waals surface area (Å²) in [6.07, 6.45) is 8.34. The summed E-state index contributed by atoms with van der Waals surface area (Å²) >= 11 is 0. The molecule has 0 spiro atoms. The molecule has 1 N–H and O–H groups in total. The highest BCUT2D eigenvalue weighted by Gasteiger charge is 2.34. The van der Waals surface area contributed by atoms with Crippen LogP contribution < -0.4 is 5.32 Å². The summed E-state index contributed by atoms with van der Waals surface area (Å²) in [5.41, 5.74) is 0.762. The van der Waals surface area contributed by atoms with Crippen molar-refractivity contribution in [3.05, 3.63) is 24.0 Å². The van der Waals surface area contributed by atoms with Crippen LogP contribution in [0.1, 0.15) is 49.0 Å². The second-order valence-electron chi connectivity index (χ2n) is 8.14. The van der Waals surface area contributed by atoms with Crippen LogP contribution in [0.15, 0.2) is 18.3 Å². The Morgan fingerprint density at radius 3 is 2.50 bits per heavy atom. The first kappa shape index (κ1) is 17.6. The van der Waals surface area contributed by atoms with Gasteiger partial charge >= 0.3 is 0 Å². The predicted octanol–water partition coefficient (Wildman–Crippen LogP) is 1.62. The molecule has 1 aromatic rings. The first-order valence-corrected chi connectivity index (χ1v) is 10.1. The van der Waals surface area contributed by atoms with E-state index in [-0.39, 0.29) is 17.7 Å². The number of likely N-dealkylation sites (tertiary alicyclic amines) is 2. The SMILES string of the molecule is Cn1cccc1C(=O)N1CCC(N2CCC[C@H](C(=O)NC3CC3)C2)CC1. The normalized spacial score (nSPS) is 25.3. The van der Waals surface area contributed by atoms with Gasteiger partial charge in [0.05, 0.1) is 5.92 Å². The first-order chi connectivity index (χ1) is 12.6. The monoisotopic (exact) mass is 358 g/mol. The number of carbonyl (C=O) groups excluding carboxylic acids is 2. The predicted molar refractivity (Wildman–Crippen MR) is 99.8 cm³/mol. The van der Waals surface area contributed by atoms with Crippen molar-refractivity contribution in [2.45, 2.75) is 50.6 Å². The van der Waals surface area contributed by atoms with E-state index in [2.05, 4.69) is 10.2 Å². The lowest BCUT2D eigenvalue weighted by Crippen LogP contribution is -2.51. The van der Waals surface area contributed by atoms with Gasteiger partial charge in [-0.15, -0.1) is 0 Å². The minimum Gasteiger partial charge on any atom is -0.353 e. The lowest BCUT2D eigenvalue weighted by Gasteiger charge is -2.42. The van der Waals surface area contributed by atoms with E-state index in [4.69, 9.17) is 0 Å². The van der Waals surface area contributed by atoms with Crippen molar-refractivity contribution >= 4 is 11.8 Å². The summed E-state index contributed by atoms with van der Waals surface area (Å²) < 4.78 is 1.89. The zero-order valence-corrected chi connectivity index (χ0v) is 15.7. The Hall–Kier alpha value is -1.82. The van der Waals surface area contributed by atoms with Crippen molar-refractivity contribution in [2.75, 3.05) is 26.2 Å². The molecule has 6 heteroatoms. The second-order valence-corrected chi connectivity index (χ2v) is 8.14. The molecule has 1 saturated carbocycles. The molecule has 1 aliphatic carbocycles. The third-order valence-corrected chi connectivity index (χ3v) is 6.18. The van der Waals surface area contributed by atoms with E-state index < -0.39 is 0 Å². The summed E-state index contributed by atoms with van der Waals surface area (Å²) in [7, 11) is 1.92. The molecule has 2 aliphatic heterocycles. The highest BCUT2D eigenvalue weighted by Crippen LogP contribution is 2.26. The van der Waals surface area contributed by atoms with Crippen molar-refractivity contribution in [1.82, 2.24) is 19.7 Å². The van der Waals surface area contributed by atoms with Crippen LogP contribution in [0, 0.1) is 5.92 Å². The van der Waals surface area contributed by atoms with Gasteiger partial charge in [0.1, 0.15) is 5.69 Å². The van der Waals surface area contributed by atoms with Gasteiger partial charge in [-0.05, 0) is 57.2 Å². The van der Waals surface area contributed by atoms with Crippen LogP contribution in [-0.4, -0.2) is 64.4 Å². The van der Waals surface area contributed by atoms with Crippen LogP contribution >= 0.6 is 0 Å². The molecule has 3 fully saturated rings. The number of hydrogen-bond donors (Lipinski definition) is 1. The molecule has 2 saturated heterocycles. The summed E-state index contributed by atoms with van der Waals surface area (Å²) in [6, 6.07) is 4.76. The van der Waals surface area contributed by atoms with Gasteiger partial charge in [0.2, 0.25) is 5.91 Å². The average molecular weight is 358 g/mol. The topological polar surface area (TPSA) is 57.6 Å². The number of carbonyl (C=O) groups is 2. The van der Waals surface area contributed by atoms with Gasteiger partial charge in [-0.3, -0.25) is 14.5 Å². The van der Waals surface area contributed by atoms with Crippen LogP contribution in [0.25, 0.3) is 0 Å². The molecular formula is C20H30N4O2. The molecule has 6 nitrogen and oxygen atoms in total. The zero-order valence-electron chi connectivity index (χ0n) is 15.7. The van der Waals surface area contributed by atoms with E-state index in [0.29, 0.717) is 12.1 Å². The van der Waals surface area contributed by atoms with E-state index in [1.807, 2.05) is 34.8 Å². The minimum atomic E-state index is 0.135. The van der Waals surface area contributed by atoms with Gasteiger partial charge in [-0.1, -0.05) is 0 Å². The van der Waals surface area contributed by atoms with Crippen molar-refractivity contribution in [3.8, 4) is 0 Å². The van der Waals surface area contributed by atoms with E-state index in [0.717, 1.165) is 70.4 Å². The molecule has 0 radical (unpaired) electrons. The molecule has 0 unspecified atom stereocenters. The summed E-state index contributed by atoms with van der Waals surface area (Å²) in [5.74, 6) is 0.539. The lowest BCUT2D eigenvalue weighted by atomic mass is 9.93. The number of piperidine rings is 2. The number of amides is 2. The maximum atomic E-state index is 12.7. The maximum absolute atomic E-state index is 12.7. The molecule has 4 rings (SSSR count). The minimum absolute atomic E-state index is 0.135. The Balaban J connectivity index is 1.29. The van der Waals surface area contributed by atoms with Crippen molar-refractivity contribution in [2.24, 2.45) is 13.0 Å². The molecule has 1 atom stereocenters. The fraction of sp³-hybridized carbons (Fsp3) is 0.700. The number of nitrogens with zero attached hydrogens (tertiary/aromatic N) is 3. The molecule has 2 amide bonds. The maximum Gasteiger partial charge on any atom is 0.270 e. The molecule has 3 aliphatic rings. The average Bonchev–Trinajstić information content (AvgIpc) is 3.39. The Bertz CT molecular complexity index is 659. The van der Waals surface area contributed by atoms with Gasteiger partial charge < -0.3 is 14.8 Å². The van der Waals surface area contributed by atoms with Crippen LogP contribution in [0.3, 0.4) is 0 Å². The third-order valence-electron chi connectivity index (χ3n) is 6.18. The second kappa shape index (κ2) is 7.43. The Labute approximate surface area is 155 Å². The van der Waals surface area contributed by atoms with Gasteiger partial charge in [0.25, 0.3) is 5.91 Å². The smallest absolute Gasteiger partial charge is 0.270 e. The number of aromatic nitrogens is 1. The van der Waals surface area contributed by atoms with Crippen LogP contribution in [-0.2, 0) is 11.8 Å². The van der Waals surface area contributed by atoms with Crippen LogP contribution in [0.2, 0.25) is 0 Å².